The van der Waals surface area contributed by atoms with Crippen LogP contribution in [-0.4, -0.2) is 99.1 Å². The predicted octanol–water partition coefficient (Wildman–Crippen LogP) is 0.470. The lowest BCUT2D eigenvalue weighted by Gasteiger charge is -2.47. The van der Waals surface area contributed by atoms with Crippen LogP contribution in [0.3, 0.4) is 0 Å². The number of carbonyl (C=O) groups is 1. The molecule has 28 heavy (non-hydrogen) atoms. The molecule has 156 valence electrons. The highest BCUT2D eigenvalue weighted by molar-refractivity contribution is 14.0. The third kappa shape index (κ3) is 6.89. The first-order chi connectivity index (χ1) is 13.1. The van der Waals surface area contributed by atoms with Crippen molar-refractivity contribution in [2.24, 2.45) is 4.99 Å². The molecule has 3 fully saturated rings. The Balaban J connectivity index is 0.00000280. The van der Waals surface area contributed by atoms with Gasteiger partial charge < -0.3 is 15.5 Å². The Bertz CT molecular complexity index is 631. The van der Waals surface area contributed by atoms with Crippen molar-refractivity contribution in [1.82, 2.24) is 25.3 Å². The molecule has 1 aromatic rings. The number of fused-ring (bicyclic) bond motifs is 3. The molecule has 2 bridgehead atoms. The number of carbonyl (C=O) groups excluding carboxylic acids is 1. The molecule has 3 saturated heterocycles. The average molecular weight is 500 g/mol. The summed E-state index contributed by atoms with van der Waals surface area (Å²) in [7, 11) is 3.52. The normalized spacial score (nSPS) is 23.6. The molecule has 1 unspecified atom stereocenters. The number of nitrogens with zero attached hydrogens (tertiary/aromatic N) is 4. The van der Waals surface area contributed by atoms with Crippen molar-refractivity contribution >= 4 is 35.8 Å². The van der Waals surface area contributed by atoms with Crippen molar-refractivity contribution < 1.29 is 4.79 Å². The van der Waals surface area contributed by atoms with E-state index in [2.05, 4.69) is 49.7 Å². The smallest absolute Gasteiger partial charge is 0.243 e. The van der Waals surface area contributed by atoms with Crippen LogP contribution in [0.2, 0.25) is 0 Å². The van der Waals surface area contributed by atoms with E-state index >= 15 is 0 Å². The molecular formula is C20H33IN6O. The Kier molecular flexibility index (Phi) is 9.46. The maximum atomic E-state index is 11.9. The quantitative estimate of drug-likeness (QED) is 0.324. The molecule has 3 aliphatic rings. The Morgan fingerprint density at radius 2 is 1.86 bits per heavy atom. The van der Waals surface area contributed by atoms with E-state index in [1.54, 1.807) is 19.0 Å². The van der Waals surface area contributed by atoms with Gasteiger partial charge >= 0.3 is 0 Å². The lowest BCUT2D eigenvalue weighted by Crippen LogP contribution is -2.63. The van der Waals surface area contributed by atoms with Crippen molar-refractivity contribution in [3.05, 3.63) is 35.9 Å². The van der Waals surface area contributed by atoms with Crippen molar-refractivity contribution in [2.75, 3.05) is 66.5 Å². The summed E-state index contributed by atoms with van der Waals surface area (Å²) in [4.78, 5) is 23.1. The van der Waals surface area contributed by atoms with Gasteiger partial charge in [0.2, 0.25) is 5.91 Å². The van der Waals surface area contributed by atoms with Crippen LogP contribution in [0.5, 0.6) is 0 Å². The highest BCUT2D eigenvalue weighted by atomic mass is 127. The van der Waals surface area contributed by atoms with Crippen molar-refractivity contribution in [2.45, 2.75) is 12.5 Å². The van der Waals surface area contributed by atoms with Gasteiger partial charge in [0.05, 0.1) is 0 Å². The van der Waals surface area contributed by atoms with Crippen molar-refractivity contribution in [3.8, 4) is 0 Å². The summed E-state index contributed by atoms with van der Waals surface area (Å²) in [5.74, 6) is 0.726. The molecule has 1 atom stereocenters. The van der Waals surface area contributed by atoms with E-state index in [0.717, 1.165) is 45.1 Å². The second-order valence-corrected chi connectivity index (χ2v) is 7.49. The molecule has 8 heteroatoms. The van der Waals surface area contributed by atoms with E-state index in [-0.39, 0.29) is 36.4 Å². The van der Waals surface area contributed by atoms with E-state index in [4.69, 9.17) is 0 Å². The van der Waals surface area contributed by atoms with E-state index in [9.17, 15) is 4.79 Å². The zero-order valence-corrected chi connectivity index (χ0v) is 19.3. The monoisotopic (exact) mass is 500 g/mol. The van der Waals surface area contributed by atoms with Crippen LogP contribution < -0.4 is 10.6 Å². The fraction of sp³-hybridized carbons (Fsp3) is 0.600. The number of rotatable bonds is 7. The number of nitrogens with one attached hydrogen (secondary N) is 2. The van der Waals surface area contributed by atoms with E-state index in [1.807, 2.05) is 6.07 Å². The molecular weight excluding hydrogens is 467 g/mol. The first-order valence-electron chi connectivity index (χ1n) is 9.84. The van der Waals surface area contributed by atoms with Gasteiger partial charge in [0.15, 0.2) is 5.96 Å². The number of halogens is 1. The van der Waals surface area contributed by atoms with Gasteiger partial charge in [-0.05, 0) is 12.0 Å². The van der Waals surface area contributed by atoms with Crippen LogP contribution >= 0.6 is 24.0 Å². The zero-order valence-electron chi connectivity index (χ0n) is 16.9. The molecule has 0 saturated carbocycles. The second-order valence-electron chi connectivity index (χ2n) is 7.49. The van der Waals surface area contributed by atoms with Crippen LogP contribution in [-0.2, 0) is 11.2 Å². The number of amides is 1. The van der Waals surface area contributed by atoms with Gasteiger partial charge in [0.1, 0.15) is 6.54 Å². The molecule has 2 N–H and O–H groups in total. The Morgan fingerprint density at radius 1 is 1.14 bits per heavy atom. The standard InChI is InChI=1S/C20H32N6O.HI/c1-24(2)19(27)15-23-20(21-9-8-17-6-4-3-5-7-17)22-14-18-16-25-10-12-26(18)13-11-25;/h3-7,18H,8-16H2,1-2H3,(H2,21,22,23);1H. The zero-order chi connectivity index (χ0) is 19.1. The molecule has 7 nitrogen and oxygen atoms in total. The van der Waals surface area contributed by atoms with Crippen LogP contribution in [0.15, 0.2) is 35.3 Å². The maximum absolute atomic E-state index is 11.9. The summed E-state index contributed by atoms with van der Waals surface area (Å²) >= 11 is 0. The van der Waals surface area contributed by atoms with Crippen LogP contribution in [0.25, 0.3) is 0 Å². The van der Waals surface area contributed by atoms with Gasteiger partial charge in [0.25, 0.3) is 0 Å². The number of benzene rings is 1. The number of piperazine rings is 3. The molecule has 0 aromatic heterocycles. The molecule has 0 radical (unpaired) electrons. The SMILES string of the molecule is CN(C)C(=O)CN=C(NCCc1ccccc1)NCC1CN2CCN1CC2.I. The highest BCUT2D eigenvalue weighted by Crippen LogP contribution is 2.14. The summed E-state index contributed by atoms with van der Waals surface area (Å²) in [6.07, 6.45) is 0.923. The first-order valence-corrected chi connectivity index (χ1v) is 9.84. The fourth-order valence-corrected chi connectivity index (χ4v) is 3.57. The molecule has 1 amide bonds. The molecule has 3 aliphatic heterocycles. The van der Waals surface area contributed by atoms with E-state index < -0.39 is 0 Å². The van der Waals surface area contributed by atoms with Gasteiger partial charge in [-0.2, -0.15) is 0 Å². The van der Waals surface area contributed by atoms with Crippen LogP contribution in [0.1, 0.15) is 5.56 Å². The van der Waals surface area contributed by atoms with Gasteiger partial charge in [-0.1, -0.05) is 30.3 Å². The number of hydrogen-bond acceptors (Lipinski definition) is 4. The molecule has 0 aliphatic carbocycles. The topological polar surface area (TPSA) is 63.2 Å². The molecule has 3 heterocycles. The molecule has 0 spiro atoms. The Morgan fingerprint density at radius 3 is 2.46 bits per heavy atom. The summed E-state index contributed by atoms with van der Waals surface area (Å²) in [5, 5.41) is 6.84. The van der Waals surface area contributed by atoms with Gasteiger partial charge in [-0.25, -0.2) is 4.99 Å². The number of aliphatic imine (C=N–C) groups is 1. The minimum Gasteiger partial charge on any atom is -0.356 e. The third-order valence-electron chi connectivity index (χ3n) is 5.32. The minimum absolute atomic E-state index is 0. The summed E-state index contributed by atoms with van der Waals surface area (Å²) in [6.45, 7) is 7.58. The molecule has 1 aromatic carbocycles. The first kappa shape index (κ1) is 22.9. The van der Waals surface area contributed by atoms with Crippen LogP contribution in [0, 0.1) is 0 Å². The van der Waals surface area contributed by atoms with E-state index in [1.165, 1.54) is 18.7 Å². The number of guanidine groups is 1. The van der Waals surface area contributed by atoms with Gasteiger partial charge in [-0.3, -0.25) is 14.6 Å². The minimum atomic E-state index is 0. The fourth-order valence-electron chi connectivity index (χ4n) is 3.57. The van der Waals surface area contributed by atoms with Crippen molar-refractivity contribution in [3.63, 3.8) is 0 Å². The highest BCUT2D eigenvalue weighted by Gasteiger charge is 2.31. The molecule has 4 rings (SSSR count). The van der Waals surface area contributed by atoms with Crippen LogP contribution in [0.4, 0.5) is 0 Å². The lowest BCUT2D eigenvalue weighted by molar-refractivity contribution is -0.127. The largest absolute Gasteiger partial charge is 0.356 e. The third-order valence-corrected chi connectivity index (χ3v) is 5.32. The Hall–Kier alpha value is -1.39. The van der Waals surface area contributed by atoms with Gasteiger partial charge in [-0.15, -0.1) is 24.0 Å². The second kappa shape index (κ2) is 11.6. The predicted molar refractivity (Wildman–Crippen MR) is 124 cm³/mol. The summed E-state index contributed by atoms with van der Waals surface area (Å²) in [6, 6.07) is 10.9. The number of hydrogen-bond donors (Lipinski definition) is 2. The summed E-state index contributed by atoms with van der Waals surface area (Å²) < 4.78 is 0. The number of likely N-dealkylation sites (N-methyl/N-ethyl adjacent to an activating group) is 1. The van der Waals surface area contributed by atoms with E-state index in [0.29, 0.717) is 6.04 Å². The average Bonchev–Trinajstić information content (AvgIpc) is 2.71. The van der Waals surface area contributed by atoms with Gasteiger partial charge in [0, 0.05) is 66.0 Å². The summed E-state index contributed by atoms with van der Waals surface area (Å²) in [5.41, 5.74) is 1.29. The van der Waals surface area contributed by atoms with Crippen molar-refractivity contribution in [1.29, 1.82) is 0 Å². The lowest BCUT2D eigenvalue weighted by atomic mass is 10.1. The maximum Gasteiger partial charge on any atom is 0.243 e. The Labute approximate surface area is 185 Å².